The van der Waals surface area contributed by atoms with E-state index in [9.17, 15) is 0 Å². The normalized spacial score (nSPS) is 16.8. The Kier molecular flexibility index (Phi) is 8.86. The van der Waals surface area contributed by atoms with E-state index in [0.717, 1.165) is 12.4 Å². The van der Waals surface area contributed by atoms with Crippen LogP contribution in [0.25, 0.3) is 6.08 Å². The number of benzene rings is 1. The molecule has 1 aliphatic rings. The first-order valence-corrected chi connectivity index (χ1v) is 9.39. The molecule has 0 bridgehead atoms. The van der Waals surface area contributed by atoms with E-state index >= 15 is 0 Å². The van der Waals surface area contributed by atoms with Crippen LogP contribution < -0.4 is 4.74 Å². The molecule has 1 heterocycles. The van der Waals surface area contributed by atoms with Gasteiger partial charge in [-0.3, -0.25) is 0 Å². The lowest BCUT2D eigenvalue weighted by atomic mass is 10.1. The fourth-order valence-electron chi connectivity index (χ4n) is 2.64. The van der Waals surface area contributed by atoms with Gasteiger partial charge in [-0.15, -0.1) is 0 Å². The van der Waals surface area contributed by atoms with Crippen LogP contribution in [0.3, 0.4) is 0 Å². The summed E-state index contributed by atoms with van der Waals surface area (Å²) < 4.78 is 10.8. The average molecular weight is 316 g/mol. The van der Waals surface area contributed by atoms with Crippen molar-refractivity contribution in [1.29, 1.82) is 0 Å². The van der Waals surface area contributed by atoms with Crippen molar-refractivity contribution in [3.63, 3.8) is 0 Å². The van der Waals surface area contributed by atoms with Crippen LogP contribution in [-0.4, -0.2) is 19.3 Å². The number of ether oxygens (including phenoxy) is 2. The van der Waals surface area contributed by atoms with Crippen LogP contribution in [0.2, 0.25) is 0 Å². The summed E-state index contributed by atoms with van der Waals surface area (Å²) >= 11 is 0. The first-order chi connectivity index (χ1) is 11.4. The number of rotatable bonds is 13. The van der Waals surface area contributed by atoms with Gasteiger partial charge < -0.3 is 9.47 Å². The summed E-state index contributed by atoms with van der Waals surface area (Å²) in [6.07, 6.45) is 17.1. The predicted molar refractivity (Wildman–Crippen MR) is 97.9 cm³/mol. The minimum atomic E-state index is 0.321. The van der Waals surface area contributed by atoms with Crippen molar-refractivity contribution in [2.45, 2.75) is 70.8 Å². The molecule has 128 valence electrons. The SMILES string of the molecule is CCCCCCCCCC/C=C/c1ccc(OCC2CO2)cc1. The van der Waals surface area contributed by atoms with Gasteiger partial charge in [-0.1, -0.05) is 76.2 Å². The summed E-state index contributed by atoms with van der Waals surface area (Å²) in [5.74, 6) is 0.931. The van der Waals surface area contributed by atoms with Gasteiger partial charge in [0.15, 0.2) is 0 Å². The van der Waals surface area contributed by atoms with Crippen molar-refractivity contribution in [2.75, 3.05) is 13.2 Å². The second-order valence-corrected chi connectivity index (χ2v) is 6.50. The second-order valence-electron chi connectivity index (χ2n) is 6.50. The van der Waals surface area contributed by atoms with Crippen molar-refractivity contribution in [3.05, 3.63) is 35.9 Å². The Morgan fingerprint density at radius 1 is 1.00 bits per heavy atom. The highest BCUT2D eigenvalue weighted by atomic mass is 16.6. The Bertz CT molecular complexity index is 432. The predicted octanol–water partition coefficient (Wildman–Crippen LogP) is 6.01. The van der Waals surface area contributed by atoms with Crippen molar-refractivity contribution in [2.24, 2.45) is 0 Å². The Hall–Kier alpha value is -1.28. The Morgan fingerprint density at radius 2 is 1.65 bits per heavy atom. The second kappa shape index (κ2) is 11.3. The van der Waals surface area contributed by atoms with Gasteiger partial charge in [-0.2, -0.15) is 0 Å². The highest BCUT2D eigenvalue weighted by Crippen LogP contribution is 2.17. The molecule has 0 spiro atoms. The number of epoxide rings is 1. The molecule has 2 nitrogen and oxygen atoms in total. The summed E-state index contributed by atoms with van der Waals surface area (Å²) in [6.45, 7) is 3.79. The first kappa shape index (κ1) is 18.1. The quantitative estimate of drug-likeness (QED) is 0.328. The molecule has 1 aromatic rings. The number of hydrogen-bond acceptors (Lipinski definition) is 2. The van der Waals surface area contributed by atoms with E-state index in [2.05, 4.69) is 31.2 Å². The lowest BCUT2D eigenvalue weighted by molar-refractivity contribution is 0.263. The summed E-state index contributed by atoms with van der Waals surface area (Å²) in [4.78, 5) is 0. The van der Waals surface area contributed by atoms with Crippen molar-refractivity contribution >= 4 is 6.08 Å². The van der Waals surface area contributed by atoms with E-state index in [1.807, 2.05) is 12.1 Å². The summed E-state index contributed by atoms with van der Waals surface area (Å²) in [5, 5.41) is 0. The van der Waals surface area contributed by atoms with Crippen LogP contribution >= 0.6 is 0 Å². The van der Waals surface area contributed by atoms with Crippen molar-refractivity contribution < 1.29 is 9.47 Å². The summed E-state index contributed by atoms with van der Waals surface area (Å²) in [5.41, 5.74) is 1.25. The minimum Gasteiger partial charge on any atom is -0.491 e. The smallest absolute Gasteiger partial charge is 0.119 e. The number of hydrogen-bond donors (Lipinski definition) is 0. The van der Waals surface area contributed by atoms with Crippen LogP contribution in [0.4, 0.5) is 0 Å². The molecule has 0 N–H and O–H groups in total. The van der Waals surface area contributed by atoms with Crippen LogP contribution in [0.1, 0.15) is 70.3 Å². The maximum Gasteiger partial charge on any atom is 0.119 e. The van der Waals surface area contributed by atoms with Gasteiger partial charge in [-0.25, -0.2) is 0 Å². The van der Waals surface area contributed by atoms with E-state index in [1.54, 1.807) is 0 Å². The van der Waals surface area contributed by atoms with Gasteiger partial charge in [0.05, 0.1) is 6.61 Å². The zero-order valence-corrected chi connectivity index (χ0v) is 14.6. The van der Waals surface area contributed by atoms with E-state index in [4.69, 9.17) is 9.47 Å². The molecule has 2 heteroatoms. The number of allylic oxidation sites excluding steroid dienone is 1. The molecular weight excluding hydrogens is 284 g/mol. The molecule has 0 amide bonds. The van der Waals surface area contributed by atoms with Crippen LogP contribution in [0.5, 0.6) is 5.75 Å². The van der Waals surface area contributed by atoms with Gasteiger partial charge in [0.25, 0.3) is 0 Å². The van der Waals surface area contributed by atoms with Gasteiger partial charge in [0.2, 0.25) is 0 Å². The first-order valence-electron chi connectivity index (χ1n) is 9.39. The molecule has 1 atom stereocenters. The third kappa shape index (κ3) is 8.80. The van der Waals surface area contributed by atoms with Crippen molar-refractivity contribution in [1.82, 2.24) is 0 Å². The largest absolute Gasteiger partial charge is 0.491 e. The van der Waals surface area contributed by atoms with E-state index in [-0.39, 0.29) is 0 Å². The van der Waals surface area contributed by atoms with E-state index < -0.39 is 0 Å². The molecule has 0 radical (unpaired) electrons. The van der Waals surface area contributed by atoms with Crippen LogP contribution in [0.15, 0.2) is 30.3 Å². The summed E-state index contributed by atoms with van der Waals surface area (Å²) in [6, 6.07) is 8.32. The minimum absolute atomic E-state index is 0.321. The topological polar surface area (TPSA) is 21.8 Å². The maximum atomic E-state index is 5.64. The highest BCUT2D eigenvalue weighted by Gasteiger charge is 2.22. The lowest BCUT2D eigenvalue weighted by Gasteiger charge is -2.04. The molecule has 1 saturated heterocycles. The molecule has 0 aliphatic carbocycles. The van der Waals surface area contributed by atoms with Gasteiger partial charge in [0.1, 0.15) is 18.5 Å². The van der Waals surface area contributed by atoms with Crippen LogP contribution in [-0.2, 0) is 4.74 Å². The zero-order chi connectivity index (χ0) is 16.2. The van der Waals surface area contributed by atoms with Gasteiger partial charge in [-0.05, 0) is 30.5 Å². The fourth-order valence-corrected chi connectivity index (χ4v) is 2.64. The molecule has 23 heavy (non-hydrogen) atoms. The number of unbranched alkanes of at least 4 members (excludes halogenated alkanes) is 8. The Balaban J connectivity index is 1.49. The Morgan fingerprint density at radius 3 is 2.30 bits per heavy atom. The van der Waals surface area contributed by atoms with Gasteiger partial charge in [0, 0.05) is 0 Å². The molecule has 0 saturated carbocycles. The molecule has 0 aromatic heterocycles. The lowest BCUT2D eigenvalue weighted by Crippen LogP contribution is -2.03. The van der Waals surface area contributed by atoms with Crippen LogP contribution in [0, 0.1) is 0 Å². The van der Waals surface area contributed by atoms with Crippen molar-refractivity contribution in [3.8, 4) is 5.75 Å². The van der Waals surface area contributed by atoms with Gasteiger partial charge >= 0.3 is 0 Å². The molecule has 1 fully saturated rings. The maximum absolute atomic E-state index is 5.64. The highest BCUT2D eigenvalue weighted by molar-refractivity contribution is 5.50. The fraction of sp³-hybridized carbons (Fsp3) is 0.619. The third-order valence-corrected chi connectivity index (χ3v) is 4.25. The zero-order valence-electron chi connectivity index (χ0n) is 14.6. The van der Waals surface area contributed by atoms with E-state index in [1.165, 1.54) is 63.4 Å². The van der Waals surface area contributed by atoms with E-state index in [0.29, 0.717) is 12.7 Å². The third-order valence-electron chi connectivity index (χ3n) is 4.25. The molecule has 1 unspecified atom stereocenters. The average Bonchev–Trinajstić information content (AvgIpc) is 3.40. The molecule has 2 rings (SSSR count). The molecule has 1 aromatic carbocycles. The Labute approximate surface area is 141 Å². The monoisotopic (exact) mass is 316 g/mol. The molecular formula is C21H32O2. The molecule has 1 aliphatic heterocycles. The summed E-state index contributed by atoms with van der Waals surface area (Å²) in [7, 11) is 0. The standard InChI is InChI=1S/C21H32O2/c1-2-3-4-5-6-7-8-9-10-11-12-19-13-15-20(16-14-19)22-17-21-18-23-21/h11-16,21H,2-10,17-18H2,1H3/b12-11+.